The summed E-state index contributed by atoms with van der Waals surface area (Å²) in [5, 5.41) is 2.73. The molecule has 2 saturated carbocycles. The van der Waals surface area contributed by atoms with E-state index in [-0.39, 0.29) is 29.0 Å². The highest BCUT2D eigenvalue weighted by molar-refractivity contribution is 7.90. The Hall–Kier alpha value is -1.65. The van der Waals surface area contributed by atoms with Crippen LogP contribution in [0.1, 0.15) is 57.1 Å². The van der Waals surface area contributed by atoms with Gasteiger partial charge >= 0.3 is 6.18 Å². The molecule has 4 rings (SSSR count). The second-order valence-corrected chi connectivity index (χ2v) is 12.5. The van der Waals surface area contributed by atoms with E-state index in [1.165, 1.54) is 12.1 Å². The fourth-order valence-corrected chi connectivity index (χ4v) is 6.96. The summed E-state index contributed by atoms with van der Waals surface area (Å²) in [7, 11) is -3.48. The summed E-state index contributed by atoms with van der Waals surface area (Å²) in [5.41, 5.74) is -0.0127. The molecular weight excluding hydrogens is 467 g/mol. The third-order valence-electron chi connectivity index (χ3n) is 7.21. The van der Waals surface area contributed by atoms with Gasteiger partial charge in [-0.2, -0.15) is 13.2 Å². The molecule has 0 radical (unpaired) electrons. The number of halogens is 3. The third kappa shape index (κ3) is 6.12. The molecule has 0 spiro atoms. The van der Waals surface area contributed by atoms with Crippen molar-refractivity contribution in [2.24, 2.45) is 17.8 Å². The van der Waals surface area contributed by atoms with E-state index >= 15 is 0 Å². The molecule has 0 aromatic heterocycles. The largest absolute Gasteiger partial charge is 0.416 e. The van der Waals surface area contributed by atoms with E-state index in [1.54, 1.807) is 6.07 Å². The highest BCUT2D eigenvalue weighted by Crippen LogP contribution is 2.39. The monoisotopic (exact) mass is 501 g/mol. The number of sulfonamides is 1. The number of nitrogens with one attached hydrogen (secondary N) is 2. The molecule has 34 heavy (non-hydrogen) atoms. The van der Waals surface area contributed by atoms with Gasteiger partial charge in [-0.1, -0.05) is 32.0 Å². The molecule has 1 saturated heterocycles. The molecule has 1 aromatic rings. The van der Waals surface area contributed by atoms with Crippen molar-refractivity contribution < 1.29 is 26.4 Å². The summed E-state index contributed by atoms with van der Waals surface area (Å²) in [6.07, 6.45) is -0.876. The van der Waals surface area contributed by atoms with Crippen molar-refractivity contribution in [2.75, 3.05) is 13.1 Å². The van der Waals surface area contributed by atoms with E-state index in [4.69, 9.17) is 0 Å². The van der Waals surface area contributed by atoms with E-state index in [2.05, 4.69) is 14.9 Å². The van der Waals surface area contributed by atoms with Gasteiger partial charge in [-0.15, -0.1) is 0 Å². The average molecular weight is 502 g/mol. The van der Waals surface area contributed by atoms with Gasteiger partial charge in [0.2, 0.25) is 15.9 Å². The quantitative estimate of drug-likeness (QED) is 0.543. The summed E-state index contributed by atoms with van der Waals surface area (Å²) < 4.78 is 66.6. The fourth-order valence-electron chi connectivity index (χ4n) is 5.41. The number of rotatable bonds is 9. The summed E-state index contributed by atoms with van der Waals surface area (Å²) >= 11 is 0. The zero-order valence-electron chi connectivity index (χ0n) is 19.6. The SMILES string of the molecule is CC(C)C[C@H](NS(=O)(=O)C1CC1)C(=O)N[C@@H]1CC[C@H]2CN(Cc3cccc(C(F)(F)F)c3)C[C@H]21. The van der Waals surface area contributed by atoms with Gasteiger partial charge in [0.05, 0.1) is 10.8 Å². The molecule has 0 unspecified atom stereocenters. The Morgan fingerprint density at radius 1 is 1.15 bits per heavy atom. The first-order chi connectivity index (χ1) is 15.9. The molecule has 6 nitrogen and oxygen atoms in total. The number of hydrogen-bond donors (Lipinski definition) is 2. The van der Waals surface area contributed by atoms with Gasteiger partial charge in [0.15, 0.2) is 0 Å². The van der Waals surface area contributed by atoms with E-state index < -0.39 is 27.8 Å². The zero-order valence-corrected chi connectivity index (χ0v) is 20.5. The van der Waals surface area contributed by atoms with Crippen LogP contribution in [-0.4, -0.2) is 49.6 Å². The number of likely N-dealkylation sites (tertiary alicyclic amines) is 1. The Labute approximate surface area is 199 Å². The molecule has 1 amide bonds. The van der Waals surface area contributed by atoms with E-state index in [0.717, 1.165) is 25.5 Å². The summed E-state index contributed by atoms with van der Waals surface area (Å²) in [4.78, 5) is 15.2. The van der Waals surface area contributed by atoms with Crippen LogP contribution in [0.2, 0.25) is 0 Å². The molecule has 190 valence electrons. The normalized spacial score (nSPS) is 26.6. The maximum absolute atomic E-state index is 13.1. The molecule has 10 heteroatoms. The number of nitrogens with zero attached hydrogens (tertiary/aromatic N) is 1. The second-order valence-electron chi connectivity index (χ2n) is 10.6. The van der Waals surface area contributed by atoms with Gasteiger partial charge in [0.25, 0.3) is 0 Å². The number of benzene rings is 1. The molecule has 2 N–H and O–H groups in total. The molecule has 3 aliphatic rings. The molecule has 1 aromatic carbocycles. The lowest BCUT2D eigenvalue weighted by molar-refractivity contribution is -0.137. The lowest BCUT2D eigenvalue weighted by Gasteiger charge is -2.26. The van der Waals surface area contributed by atoms with Crippen molar-refractivity contribution in [1.29, 1.82) is 0 Å². The van der Waals surface area contributed by atoms with Gasteiger partial charge in [-0.05, 0) is 61.5 Å². The first kappa shape index (κ1) is 25.4. The summed E-state index contributed by atoms with van der Waals surface area (Å²) in [6.45, 7) is 5.85. The fraction of sp³-hybridized carbons (Fsp3) is 0.708. The van der Waals surface area contributed by atoms with Crippen LogP contribution in [0.5, 0.6) is 0 Å². The Bertz CT molecular complexity index is 995. The Kier molecular flexibility index (Phi) is 7.32. The van der Waals surface area contributed by atoms with E-state index in [1.807, 2.05) is 13.8 Å². The Balaban J connectivity index is 1.36. The zero-order chi connectivity index (χ0) is 24.7. The van der Waals surface area contributed by atoms with Crippen molar-refractivity contribution in [3.05, 3.63) is 35.4 Å². The topological polar surface area (TPSA) is 78.5 Å². The van der Waals surface area contributed by atoms with Crippen LogP contribution in [0.4, 0.5) is 13.2 Å². The first-order valence-corrected chi connectivity index (χ1v) is 13.7. The maximum Gasteiger partial charge on any atom is 0.416 e. The first-order valence-electron chi connectivity index (χ1n) is 12.1. The van der Waals surface area contributed by atoms with Crippen LogP contribution in [0.25, 0.3) is 0 Å². The minimum absolute atomic E-state index is 0.0518. The van der Waals surface area contributed by atoms with E-state index in [0.29, 0.717) is 43.8 Å². The third-order valence-corrected chi connectivity index (χ3v) is 9.18. The molecule has 2 aliphatic carbocycles. The summed E-state index contributed by atoms with van der Waals surface area (Å²) in [5.74, 6) is 0.473. The van der Waals surface area contributed by atoms with Crippen LogP contribution in [0.3, 0.4) is 0 Å². The van der Waals surface area contributed by atoms with Crippen molar-refractivity contribution in [2.45, 2.75) is 76.0 Å². The predicted octanol–water partition coefficient (Wildman–Crippen LogP) is 3.53. The van der Waals surface area contributed by atoms with E-state index in [9.17, 15) is 26.4 Å². The lowest BCUT2D eigenvalue weighted by Crippen LogP contribution is -2.52. The molecule has 3 fully saturated rings. The number of amides is 1. The molecule has 1 heterocycles. The Morgan fingerprint density at radius 2 is 1.88 bits per heavy atom. The highest BCUT2D eigenvalue weighted by atomic mass is 32.2. The van der Waals surface area contributed by atoms with Gasteiger partial charge < -0.3 is 5.32 Å². The minimum Gasteiger partial charge on any atom is -0.352 e. The minimum atomic E-state index is -4.36. The second kappa shape index (κ2) is 9.78. The van der Waals surface area contributed by atoms with Crippen LogP contribution < -0.4 is 10.0 Å². The van der Waals surface area contributed by atoms with Gasteiger partial charge in [-0.25, -0.2) is 13.1 Å². The molecule has 0 bridgehead atoms. The van der Waals surface area contributed by atoms with Crippen LogP contribution in [0, 0.1) is 17.8 Å². The van der Waals surface area contributed by atoms with Crippen LogP contribution >= 0.6 is 0 Å². The maximum atomic E-state index is 13.1. The number of carbonyl (C=O) groups is 1. The van der Waals surface area contributed by atoms with Gasteiger partial charge in [0, 0.05) is 25.7 Å². The van der Waals surface area contributed by atoms with Gasteiger partial charge in [-0.3, -0.25) is 9.69 Å². The highest BCUT2D eigenvalue weighted by Gasteiger charge is 2.44. The average Bonchev–Trinajstić information content (AvgIpc) is 3.44. The van der Waals surface area contributed by atoms with Crippen molar-refractivity contribution >= 4 is 15.9 Å². The number of alkyl halides is 3. The molecule has 4 atom stereocenters. The molecular formula is C24H34F3N3O3S. The van der Waals surface area contributed by atoms with Crippen molar-refractivity contribution in [3.8, 4) is 0 Å². The van der Waals surface area contributed by atoms with Crippen LogP contribution in [0.15, 0.2) is 24.3 Å². The number of fused-ring (bicyclic) bond motifs is 1. The predicted molar refractivity (Wildman–Crippen MR) is 123 cm³/mol. The Morgan fingerprint density at radius 3 is 2.53 bits per heavy atom. The van der Waals surface area contributed by atoms with Crippen molar-refractivity contribution in [3.63, 3.8) is 0 Å². The lowest BCUT2D eigenvalue weighted by atomic mass is 9.97. The standard InChI is InChI=1S/C24H34F3N3O3S/c1-15(2)10-22(29-34(32,33)19-7-8-19)23(31)28-21-9-6-17-13-30(14-20(17)21)12-16-4-3-5-18(11-16)24(25,26)27/h3-5,11,15,17,19-22,29H,6-10,12-14H2,1-2H3,(H,28,31)/t17-,20+,21+,22-/m0/s1. The van der Waals surface area contributed by atoms with Crippen LogP contribution in [-0.2, 0) is 27.5 Å². The smallest absolute Gasteiger partial charge is 0.352 e. The number of hydrogen-bond acceptors (Lipinski definition) is 4. The summed E-state index contributed by atoms with van der Waals surface area (Å²) in [6, 6.07) is 4.60. The van der Waals surface area contributed by atoms with Crippen molar-refractivity contribution in [1.82, 2.24) is 14.9 Å². The molecule has 1 aliphatic heterocycles. The van der Waals surface area contributed by atoms with Gasteiger partial charge in [0.1, 0.15) is 6.04 Å². The number of carbonyl (C=O) groups excluding carboxylic acids is 1.